The summed E-state index contributed by atoms with van der Waals surface area (Å²) in [5.74, 6) is 1.97. The van der Waals surface area contributed by atoms with Gasteiger partial charge >= 0.3 is 0 Å². The molecule has 0 saturated heterocycles. The van der Waals surface area contributed by atoms with Crippen molar-refractivity contribution < 1.29 is 23.0 Å². The van der Waals surface area contributed by atoms with Gasteiger partial charge in [-0.05, 0) is 24.3 Å². The molecule has 0 bridgehead atoms. The number of nitrogens with zero attached hydrogens (tertiary/aromatic N) is 2. The fourth-order valence-corrected chi connectivity index (χ4v) is 2.39. The van der Waals surface area contributed by atoms with Gasteiger partial charge in [-0.25, -0.2) is 4.39 Å². The molecule has 0 amide bonds. The summed E-state index contributed by atoms with van der Waals surface area (Å²) in [6.07, 6.45) is 0. The highest BCUT2D eigenvalue weighted by atomic mass is 19.1. The van der Waals surface area contributed by atoms with Crippen molar-refractivity contribution in [3.63, 3.8) is 0 Å². The van der Waals surface area contributed by atoms with Gasteiger partial charge in [-0.15, -0.1) is 10.2 Å². The van der Waals surface area contributed by atoms with Crippen LogP contribution in [-0.2, 0) is 6.54 Å². The molecule has 136 valence electrons. The average molecular weight is 359 g/mol. The van der Waals surface area contributed by atoms with Crippen LogP contribution >= 0.6 is 0 Å². The van der Waals surface area contributed by atoms with E-state index < -0.39 is 0 Å². The molecule has 0 radical (unpaired) electrons. The second-order valence-electron chi connectivity index (χ2n) is 5.28. The van der Waals surface area contributed by atoms with Gasteiger partial charge in [-0.1, -0.05) is 0 Å². The molecular weight excluding hydrogens is 341 g/mol. The maximum atomic E-state index is 13.0. The van der Waals surface area contributed by atoms with Crippen LogP contribution in [0.2, 0.25) is 0 Å². The van der Waals surface area contributed by atoms with Crippen molar-refractivity contribution in [3.05, 3.63) is 48.1 Å². The molecule has 0 fully saturated rings. The van der Waals surface area contributed by atoms with Crippen LogP contribution in [0.15, 0.2) is 40.8 Å². The van der Waals surface area contributed by atoms with Gasteiger partial charge in [0.2, 0.25) is 17.5 Å². The molecule has 0 saturated carbocycles. The second kappa shape index (κ2) is 7.73. The Labute approximate surface area is 149 Å². The maximum absolute atomic E-state index is 13.0. The van der Waals surface area contributed by atoms with E-state index in [1.807, 2.05) is 0 Å². The Morgan fingerprint density at radius 2 is 1.62 bits per heavy atom. The van der Waals surface area contributed by atoms with Crippen molar-refractivity contribution in [2.75, 3.05) is 26.6 Å². The smallest absolute Gasteiger partial charge is 0.247 e. The summed E-state index contributed by atoms with van der Waals surface area (Å²) in [6.45, 7) is 0.298. The third-order valence-electron chi connectivity index (χ3n) is 3.67. The quantitative estimate of drug-likeness (QED) is 0.691. The SMILES string of the molecule is COc1cc(NCc2nnc(-c3ccc(F)cc3)o2)cc(OC)c1OC. The lowest BCUT2D eigenvalue weighted by atomic mass is 10.2. The third-order valence-corrected chi connectivity index (χ3v) is 3.67. The number of aromatic nitrogens is 2. The maximum Gasteiger partial charge on any atom is 0.247 e. The standard InChI is InChI=1S/C18H18FN3O4/c1-23-14-8-13(9-15(24-2)17(14)25-3)20-10-16-21-22-18(26-16)11-4-6-12(19)7-5-11/h4-9,20H,10H2,1-3H3. The van der Waals surface area contributed by atoms with Crippen LogP contribution in [0.1, 0.15) is 5.89 Å². The molecule has 2 aromatic carbocycles. The summed E-state index contributed by atoms with van der Waals surface area (Å²) in [6, 6.07) is 9.40. The van der Waals surface area contributed by atoms with E-state index in [0.717, 1.165) is 5.69 Å². The summed E-state index contributed by atoms with van der Waals surface area (Å²) in [5.41, 5.74) is 1.39. The van der Waals surface area contributed by atoms with E-state index in [0.29, 0.717) is 41.1 Å². The summed E-state index contributed by atoms with van der Waals surface area (Å²) in [7, 11) is 4.64. The molecule has 26 heavy (non-hydrogen) atoms. The van der Waals surface area contributed by atoms with E-state index in [1.54, 1.807) is 45.6 Å². The van der Waals surface area contributed by atoms with Gasteiger partial charge in [0.05, 0.1) is 27.9 Å². The van der Waals surface area contributed by atoms with Crippen molar-refractivity contribution in [2.24, 2.45) is 0 Å². The van der Waals surface area contributed by atoms with Crippen LogP contribution in [-0.4, -0.2) is 31.5 Å². The molecule has 0 atom stereocenters. The Kier molecular flexibility index (Phi) is 5.21. The van der Waals surface area contributed by atoms with E-state index in [1.165, 1.54) is 12.1 Å². The predicted molar refractivity (Wildman–Crippen MR) is 93.1 cm³/mol. The number of benzene rings is 2. The first-order chi connectivity index (χ1) is 12.6. The average Bonchev–Trinajstić information content (AvgIpc) is 3.15. The van der Waals surface area contributed by atoms with Gasteiger partial charge < -0.3 is 23.9 Å². The second-order valence-corrected chi connectivity index (χ2v) is 5.28. The number of halogens is 1. The van der Waals surface area contributed by atoms with Gasteiger partial charge in [0.25, 0.3) is 0 Å². The van der Waals surface area contributed by atoms with Crippen LogP contribution in [0.5, 0.6) is 17.2 Å². The van der Waals surface area contributed by atoms with Crippen molar-refractivity contribution in [3.8, 4) is 28.7 Å². The lowest BCUT2D eigenvalue weighted by Crippen LogP contribution is -2.02. The molecule has 0 unspecified atom stereocenters. The summed E-state index contributed by atoms with van der Waals surface area (Å²) >= 11 is 0. The monoisotopic (exact) mass is 359 g/mol. The first-order valence-corrected chi connectivity index (χ1v) is 7.76. The molecule has 8 heteroatoms. The Morgan fingerprint density at radius 1 is 0.962 bits per heavy atom. The molecule has 3 aromatic rings. The topological polar surface area (TPSA) is 78.6 Å². The molecule has 0 spiro atoms. The fourth-order valence-electron chi connectivity index (χ4n) is 2.39. The van der Waals surface area contributed by atoms with E-state index in [2.05, 4.69) is 15.5 Å². The van der Waals surface area contributed by atoms with Crippen molar-refractivity contribution in [2.45, 2.75) is 6.54 Å². The lowest BCUT2D eigenvalue weighted by Gasteiger charge is -2.14. The molecule has 1 heterocycles. The minimum Gasteiger partial charge on any atom is -0.493 e. The number of ether oxygens (including phenoxy) is 3. The molecule has 0 aliphatic carbocycles. The van der Waals surface area contributed by atoms with Crippen LogP contribution in [0.4, 0.5) is 10.1 Å². The molecule has 1 aromatic heterocycles. The highest BCUT2D eigenvalue weighted by Crippen LogP contribution is 2.40. The largest absolute Gasteiger partial charge is 0.493 e. The first kappa shape index (κ1) is 17.5. The lowest BCUT2D eigenvalue weighted by molar-refractivity contribution is 0.324. The Hall–Kier alpha value is -3.29. The van der Waals surface area contributed by atoms with Crippen LogP contribution < -0.4 is 19.5 Å². The molecule has 7 nitrogen and oxygen atoms in total. The zero-order valence-corrected chi connectivity index (χ0v) is 14.6. The van der Waals surface area contributed by atoms with Crippen LogP contribution in [0.3, 0.4) is 0 Å². The van der Waals surface area contributed by atoms with Gasteiger partial charge in [0, 0.05) is 23.4 Å². The molecule has 3 rings (SSSR count). The normalized spacial score (nSPS) is 10.5. The number of anilines is 1. The van der Waals surface area contributed by atoms with Gasteiger partial charge in [0.1, 0.15) is 5.82 Å². The van der Waals surface area contributed by atoms with E-state index in [-0.39, 0.29) is 5.82 Å². The molecular formula is C18H18FN3O4. The zero-order chi connectivity index (χ0) is 18.5. The summed E-state index contributed by atoms with van der Waals surface area (Å²) in [5, 5.41) is 11.1. The van der Waals surface area contributed by atoms with Gasteiger partial charge in [-0.3, -0.25) is 0 Å². The zero-order valence-electron chi connectivity index (χ0n) is 14.6. The Balaban J connectivity index is 1.74. The molecule has 1 N–H and O–H groups in total. The number of rotatable bonds is 7. The van der Waals surface area contributed by atoms with Crippen molar-refractivity contribution in [1.29, 1.82) is 0 Å². The summed E-state index contributed by atoms with van der Waals surface area (Å²) < 4.78 is 34.5. The van der Waals surface area contributed by atoms with Gasteiger partial charge in [0.15, 0.2) is 11.5 Å². The number of hydrogen-bond acceptors (Lipinski definition) is 7. The van der Waals surface area contributed by atoms with Crippen molar-refractivity contribution >= 4 is 5.69 Å². The van der Waals surface area contributed by atoms with E-state index >= 15 is 0 Å². The first-order valence-electron chi connectivity index (χ1n) is 7.76. The molecule has 0 aliphatic heterocycles. The van der Waals surface area contributed by atoms with Gasteiger partial charge in [-0.2, -0.15) is 0 Å². The predicted octanol–water partition coefficient (Wildman–Crippen LogP) is 3.51. The Bertz CT molecular complexity index is 855. The highest BCUT2D eigenvalue weighted by molar-refractivity contribution is 5.62. The minimum absolute atomic E-state index is 0.298. The van der Waals surface area contributed by atoms with Crippen LogP contribution in [0.25, 0.3) is 11.5 Å². The van der Waals surface area contributed by atoms with Crippen LogP contribution in [0, 0.1) is 5.82 Å². The Morgan fingerprint density at radius 3 is 2.19 bits per heavy atom. The number of methoxy groups -OCH3 is 3. The number of hydrogen-bond donors (Lipinski definition) is 1. The fraction of sp³-hybridized carbons (Fsp3) is 0.222. The highest BCUT2D eigenvalue weighted by Gasteiger charge is 2.14. The van der Waals surface area contributed by atoms with E-state index in [9.17, 15) is 4.39 Å². The third kappa shape index (κ3) is 3.69. The van der Waals surface area contributed by atoms with E-state index in [4.69, 9.17) is 18.6 Å². The van der Waals surface area contributed by atoms with Crippen molar-refractivity contribution in [1.82, 2.24) is 10.2 Å². The summed E-state index contributed by atoms with van der Waals surface area (Å²) in [4.78, 5) is 0. The minimum atomic E-state index is -0.322. The molecule has 0 aliphatic rings. The number of nitrogens with one attached hydrogen (secondary N) is 1.